The predicted molar refractivity (Wildman–Crippen MR) is 94.4 cm³/mol. The molecule has 0 aliphatic carbocycles. The van der Waals surface area contributed by atoms with Crippen LogP contribution in [0.5, 0.6) is 11.5 Å². The molecule has 0 spiro atoms. The Hall–Kier alpha value is -1.95. The second kappa shape index (κ2) is 8.94. The molecule has 1 aromatic carbocycles. The lowest BCUT2D eigenvalue weighted by Crippen LogP contribution is -2.28. The minimum absolute atomic E-state index is 0.0735. The number of carboxylic acid groups (broad SMARTS) is 1. The van der Waals surface area contributed by atoms with Gasteiger partial charge in [-0.3, -0.25) is 9.59 Å². The summed E-state index contributed by atoms with van der Waals surface area (Å²) in [5, 5.41) is 9.52. The highest BCUT2D eigenvalue weighted by Gasteiger charge is 2.33. The Bertz CT molecular complexity index is 634. The van der Waals surface area contributed by atoms with Crippen molar-refractivity contribution in [1.82, 2.24) is 4.90 Å². The van der Waals surface area contributed by atoms with Crippen molar-refractivity contribution in [2.75, 3.05) is 26.3 Å². The number of hydrogen-bond donors (Lipinski definition) is 1. The van der Waals surface area contributed by atoms with Gasteiger partial charge >= 0.3 is 5.97 Å². The summed E-state index contributed by atoms with van der Waals surface area (Å²) in [6.45, 7) is 5.67. The Labute approximate surface area is 152 Å². The molecule has 0 saturated carbocycles. The van der Waals surface area contributed by atoms with Gasteiger partial charge in [0.15, 0.2) is 11.5 Å². The fraction of sp³-hybridized carbons (Fsp3) is 0.556. The number of aliphatic carboxylic acids is 1. The number of carbonyl (C=O) groups excluding carboxylic acids is 1. The van der Waals surface area contributed by atoms with Gasteiger partial charge in [-0.05, 0) is 37.5 Å². The number of benzene rings is 1. The topological polar surface area (TPSA) is 76.1 Å². The molecule has 138 valence electrons. The van der Waals surface area contributed by atoms with Gasteiger partial charge in [-0.15, -0.1) is 0 Å². The molecule has 6 nitrogen and oxygen atoms in total. The maximum absolute atomic E-state index is 11.9. The van der Waals surface area contributed by atoms with E-state index in [0.29, 0.717) is 42.7 Å². The molecule has 0 radical (unpaired) electrons. The minimum atomic E-state index is -0.921. The lowest BCUT2D eigenvalue weighted by molar-refractivity contribution is -0.141. The van der Waals surface area contributed by atoms with Gasteiger partial charge in [0.1, 0.15) is 0 Å². The summed E-state index contributed by atoms with van der Waals surface area (Å²) >= 11 is 6.33. The van der Waals surface area contributed by atoms with E-state index >= 15 is 0 Å². The third-order valence-corrected chi connectivity index (χ3v) is 4.33. The van der Waals surface area contributed by atoms with Crippen LogP contribution in [-0.4, -0.2) is 48.2 Å². The molecule has 0 bridgehead atoms. The third kappa shape index (κ3) is 5.01. The number of ether oxygens (including phenoxy) is 2. The van der Waals surface area contributed by atoms with Crippen molar-refractivity contribution in [1.29, 1.82) is 0 Å². The summed E-state index contributed by atoms with van der Waals surface area (Å²) in [6.07, 6.45) is 1.52. The van der Waals surface area contributed by atoms with E-state index in [1.807, 2.05) is 26.0 Å². The van der Waals surface area contributed by atoms with E-state index in [2.05, 4.69) is 0 Å². The van der Waals surface area contributed by atoms with Crippen LogP contribution in [0.2, 0.25) is 5.02 Å². The Morgan fingerprint density at radius 3 is 2.72 bits per heavy atom. The van der Waals surface area contributed by atoms with Gasteiger partial charge in [-0.2, -0.15) is 0 Å². The molecule has 1 amide bonds. The van der Waals surface area contributed by atoms with Gasteiger partial charge in [0.05, 0.1) is 24.2 Å². The fourth-order valence-corrected chi connectivity index (χ4v) is 3.08. The molecule has 7 heteroatoms. The van der Waals surface area contributed by atoms with E-state index in [9.17, 15) is 9.59 Å². The van der Waals surface area contributed by atoms with Crippen molar-refractivity contribution >= 4 is 23.5 Å². The summed E-state index contributed by atoms with van der Waals surface area (Å²) in [4.78, 5) is 24.5. The maximum Gasteiger partial charge on any atom is 0.308 e. The van der Waals surface area contributed by atoms with Crippen LogP contribution < -0.4 is 9.47 Å². The van der Waals surface area contributed by atoms with Gasteiger partial charge in [0.2, 0.25) is 5.91 Å². The molecule has 25 heavy (non-hydrogen) atoms. The summed E-state index contributed by atoms with van der Waals surface area (Å²) in [5.41, 5.74) is 0.920. The Morgan fingerprint density at radius 1 is 1.36 bits per heavy atom. The molecule has 1 aliphatic rings. The average molecular weight is 370 g/mol. The number of rotatable bonds is 9. The largest absolute Gasteiger partial charge is 0.490 e. The third-order valence-electron chi connectivity index (χ3n) is 4.05. The van der Waals surface area contributed by atoms with Gasteiger partial charge in [-0.25, -0.2) is 0 Å². The van der Waals surface area contributed by atoms with Crippen molar-refractivity contribution in [2.24, 2.45) is 5.92 Å². The number of carboxylic acids is 1. The van der Waals surface area contributed by atoms with E-state index < -0.39 is 11.9 Å². The van der Waals surface area contributed by atoms with Gasteiger partial charge < -0.3 is 19.5 Å². The number of carbonyl (C=O) groups is 2. The Kier molecular flexibility index (Phi) is 6.93. The van der Waals surface area contributed by atoms with E-state index in [-0.39, 0.29) is 18.9 Å². The van der Waals surface area contributed by atoms with Crippen molar-refractivity contribution in [3.8, 4) is 11.5 Å². The molecule has 1 N–H and O–H groups in total. The van der Waals surface area contributed by atoms with E-state index in [0.717, 1.165) is 12.0 Å². The van der Waals surface area contributed by atoms with Gasteiger partial charge in [0.25, 0.3) is 0 Å². The summed E-state index contributed by atoms with van der Waals surface area (Å²) < 4.78 is 11.3. The average Bonchev–Trinajstić information content (AvgIpc) is 2.94. The van der Waals surface area contributed by atoms with Crippen LogP contribution in [0.25, 0.3) is 0 Å². The Morgan fingerprint density at radius 2 is 2.12 bits per heavy atom. The van der Waals surface area contributed by atoms with Crippen LogP contribution in [-0.2, 0) is 16.0 Å². The predicted octanol–water partition coefficient (Wildman–Crippen LogP) is 3.00. The first-order valence-corrected chi connectivity index (χ1v) is 8.92. The van der Waals surface area contributed by atoms with E-state index in [4.69, 9.17) is 26.2 Å². The Balaban J connectivity index is 2.07. The second-order valence-corrected chi connectivity index (χ2v) is 6.42. The monoisotopic (exact) mass is 369 g/mol. The standard InChI is InChI=1S/C18H24ClNO5/c1-3-7-25-17-14(19)8-12(9-15(17)24-4-2)5-6-20-11-13(18(22)23)10-16(20)21/h8-9,13H,3-7,10-11H2,1-2H3,(H,22,23). The zero-order valence-corrected chi connectivity index (χ0v) is 15.3. The van der Waals surface area contributed by atoms with Crippen LogP contribution in [0, 0.1) is 5.92 Å². The molecule has 1 saturated heterocycles. The van der Waals surface area contributed by atoms with Crippen molar-refractivity contribution in [3.05, 3.63) is 22.7 Å². The molecule has 1 atom stereocenters. The lowest BCUT2D eigenvalue weighted by Gasteiger charge is -2.18. The van der Waals surface area contributed by atoms with E-state index in [1.54, 1.807) is 4.90 Å². The van der Waals surface area contributed by atoms with Crippen molar-refractivity contribution < 1.29 is 24.2 Å². The molecular formula is C18H24ClNO5. The highest BCUT2D eigenvalue weighted by molar-refractivity contribution is 6.32. The normalized spacial score (nSPS) is 17.0. The van der Waals surface area contributed by atoms with Crippen LogP contribution >= 0.6 is 11.6 Å². The van der Waals surface area contributed by atoms with Crippen LogP contribution in [0.1, 0.15) is 32.3 Å². The summed E-state index contributed by atoms with van der Waals surface area (Å²) in [5.74, 6) is -0.520. The maximum atomic E-state index is 11.9. The molecule has 1 fully saturated rings. The smallest absolute Gasteiger partial charge is 0.308 e. The van der Waals surface area contributed by atoms with Crippen molar-refractivity contribution in [3.63, 3.8) is 0 Å². The molecule has 2 rings (SSSR count). The first kappa shape index (κ1) is 19.4. The number of hydrogen-bond acceptors (Lipinski definition) is 4. The quantitative estimate of drug-likeness (QED) is 0.724. The van der Waals surface area contributed by atoms with Gasteiger partial charge in [-0.1, -0.05) is 18.5 Å². The molecule has 1 heterocycles. The zero-order valence-electron chi connectivity index (χ0n) is 14.6. The number of amides is 1. The minimum Gasteiger partial charge on any atom is -0.490 e. The molecule has 1 aliphatic heterocycles. The second-order valence-electron chi connectivity index (χ2n) is 6.02. The summed E-state index contributed by atoms with van der Waals surface area (Å²) in [7, 11) is 0. The van der Waals surface area contributed by atoms with Crippen LogP contribution in [0.15, 0.2) is 12.1 Å². The molecule has 0 aromatic heterocycles. The highest BCUT2D eigenvalue weighted by Crippen LogP contribution is 2.37. The fourth-order valence-electron chi connectivity index (χ4n) is 2.79. The zero-order chi connectivity index (χ0) is 18.4. The first-order chi connectivity index (χ1) is 12.0. The number of nitrogens with zero attached hydrogens (tertiary/aromatic N) is 1. The molecule has 1 unspecified atom stereocenters. The lowest BCUT2D eigenvalue weighted by atomic mass is 10.1. The molecule has 1 aromatic rings. The number of likely N-dealkylation sites (tertiary alicyclic amines) is 1. The number of halogens is 1. The molecular weight excluding hydrogens is 346 g/mol. The van der Waals surface area contributed by atoms with Crippen molar-refractivity contribution in [2.45, 2.75) is 33.1 Å². The SMILES string of the molecule is CCCOc1c(Cl)cc(CCN2CC(C(=O)O)CC2=O)cc1OCC. The van der Waals surface area contributed by atoms with Crippen LogP contribution in [0.4, 0.5) is 0 Å². The van der Waals surface area contributed by atoms with E-state index in [1.165, 1.54) is 0 Å². The van der Waals surface area contributed by atoms with Gasteiger partial charge in [0, 0.05) is 19.5 Å². The highest BCUT2D eigenvalue weighted by atomic mass is 35.5. The summed E-state index contributed by atoms with van der Waals surface area (Å²) in [6, 6.07) is 3.68. The van der Waals surface area contributed by atoms with Crippen LogP contribution in [0.3, 0.4) is 0 Å². The first-order valence-electron chi connectivity index (χ1n) is 8.54.